The van der Waals surface area contributed by atoms with Gasteiger partial charge in [0, 0.05) is 12.4 Å². The van der Waals surface area contributed by atoms with Crippen molar-refractivity contribution in [1.82, 2.24) is 15.2 Å². The minimum atomic E-state index is -0.883. The van der Waals surface area contributed by atoms with Crippen molar-refractivity contribution >= 4 is 17.8 Å². The zero-order chi connectivity index (χ0) is 11.7. The number of imide groups is 2. The van der Waals surface area contributed by atoms with Gasteiger partial charge in [0.15, 0.2) is 0 Å². The van der Waals surface area contributed by atoms with Crippen molar-refractivity contribution < 1.29 is 14.4 Å². The summed E-state index contributed by atoms with van der Waals surface area (Å²) in [6, 6.07) is 1.09. The van der Waals surface area contributed by atoms with Gasteiger partial charge < -0.3 is 0 Å². The Morgan fingerprint density at radius 3 is 2.69 bits per heavy atom. The maximum atomic E-state index is 11.3. The SMILES string of the molecule is Cc1ccncc1CN1C(=O)NC(=O)C1=O. The highest BCUT2D eigenvalue weighted by molar-refractivity contribution is 6.44. The number of amides is 4. The van der Waals surface area contributed by atoms with Gasteiger partial charge in [-0.15, -0.1) is 0 Å². The molecule has 82 valence electrons. The van der Waals surface area contributed by atoms with Crippen LogP contribution in [-0.2, 0) is 16.1 Å². The topological polar surface area (TPSA) is 79.4 Å². The summed E-state index contributed by atoms with van der Waals surface area (Å²) in [5.74, 6) is -1.71. The van der Waals surface area contributed by atoms with E-state index in [4.69, 9.17) is 0 Å². The number of pyridine rings is 1. The molecule has 2 rings (SSSR count). The van der Waals surface area contributed by atoms with Crippen molar-refractivity contribution in [3.63, 3.8) is 0 Å². The van der Waals surface area contributed by atoms with Crippen molar-refractivity contribution in [1.29, 1.82) is 0 Å². The molecule has 1 saturated heterocycles. The number of carbonyl (C=O) groups is 3. The molecule has 0 radical (unpaired) electrons. The maximum Gasteiger partial charge on any atom is 0.331 e. The fraction of sp³-hybridized carbons (Fsp3) is 0.200. The van der Waals surface area contributed by atoms with Gasteiger partial charge >= 0.3 is 17.8 Å². The van der Waals surface area contributed by atoms with Gasteiger partial charge in [0.1, 0.15) is 0 Å². The summed E-state index contributed by atoms with van der Waals surface area (Å²) in [7, 11) is 0. The van der Waals surface area contributed by atoms with Crippen LogP contribution in [0.4, 0.5) is 4.79 Å². The number of hydrogen-bond acceptors (Lipinski definition) is 4. The molecule has 0 bridgehead atoms. The van der Waals surface area contributed by atoms with Crippen LogP contribution in [0.1, 0.15) is 11.1 Å². The molecular weight excluding hydrogens is 210 g/mol. The molecule has 1 fully saturated rings. The minimum absolute atomic E-state index is 0.0656. The Labute approximate surface area is 91.3 Å². The van der Waals surface area contributed by atoms with E-state index < -0.39 is 17.8 Å². The number of hydrogen-bond donors (Lipinski definition) is 1. The molecular formula is C10H9N3O3. The van der Waals surface area contributed by atoms with Gasteiger partial charge in [0.05, 0.1) is 6.54 Å². The zero-order valence-electron chi connectivity index (χ0n) is 8.56. The Balaban J connectivity index is 2.23. The van der Waals surface area contributed by atoms with Gasteiger partial charge in [0.25, 0.3) is 0 Å². The lowest BCUT2D eigenvalue weighted by atomic mass is 10.1. The first-order chi connectivity index (χ1) is 7.59. The van der Waals surface area contributed by atoms with E-state index in [9.17, 15) is 14.4 Å². The number of nitrogens with zero attached hydrogens (tertiary/aromatic N) is 2. The predicted molar refractivity (Wildman–Crippen MR) is 53.1 cm³/mol. The van der Waals surface area contributed by atoms with E-state index in [1.807, 2.05) is 12.2 Å². The largest absolute Gasteiger partial charge is 0.331 e. The molecule has 0 atom stereocenters. The summed E-state index contributed by atoms with van der Waals surface area (Å²) in [4.78, 5) is 38.3. The number of urea groups is 1. The third kappa shape index (κ3) is 1.65. The van der Waals surface area contributed by atoms with Gasteiger partial charge in [-0.25, -0.2) is 4.79 Å². The Bertz CT molecular complexity index is 484. The van der Waals surface area contributed by atoms with E-state index in [1.54, 1.807) is 18.5 Å². The van der Waals surface area contributed by atoms with E-state index in [1.165, 1.54) is 0 Å². The lowest BCUT2D eigenvalue weighted by Gasteiger charge is -2.12. The normalized spacial score (nSPS) is 15.6. The Kier molecular flexibility index (Phi) is 2.40. The van der Waals surface area contributed by atoms with Crippen molar-refractivity contribution in [2.24, 2.45) is 0 Å². The van der Waals surface area contributed by atoms with E-state index in [0.29, 0.717) is 0 Å². The summed E-state index contributed by atoms with van der Waals surface area (Å²) >= 11 is 0. The average molecular weight is 219 g/mol. The minimum Gasteiger partial charge on any atom is -0.269 e. The molecule has 0 aromatic carbocycles. The molecule has 1 aliphatic rings. The highest BCUT2D eigenvalue weighted by Gasteiger charge is 2.36. The smallest absolute Gasteiger partial charge is 0.269 e. The molecule has 6 nitrogen and oxygen atoms in total. The van der Waals surface area contributed by atoms with Crippen LogP contribution < -0.4 is 5.32 Å². The van der Waals surface area contributed by atoms with Gasteiger partial charge in [-0.05, 0) is 24.1 Å². The molecule has 6 heteroatoms. The van der Waals surface area contributed by atoms with Crippen LogP contribution in [0, 0.1) is 6.92 Å². The summed E-state index contributed by atoms with van der Waals surface area (Å²) in [6.07, 6.45) is 3.19. The van der Waals surface area contributed by atoms with E-state index in [-0.39, 0.29) is 6.54 Å². The molecule has 0 unspecified atom stereocenters. The third-order valence-electron chi connectivity index (χ3n) is 2.38. The Hall–Kier alpha value is -2.24. The quantitative estimate of drug-likeness (QED) is 0.559. The second-order valence-corrected chi connectivity index (χ2v) is 3.45. The number of aromatic nitrogens is 1. The highest BCUT2D eigenvalue weighted by atomic mass is 16.2. The lowest BCUT2D eigenvalue weighted by Crippen LogP contribution is -2.30. The number of rotatable bonds is 2. The average Bonchev–Trinajstić information content (AvgIpc) is 2.48. The van der Waals surface area contributed by atoms with Gasteiger partial charge in [-0.1, -0.05) is 0 Å². The molecule has 1 aromatic heterocycles. The molecule has 0 spiro atoms. The maximum absolute atomic E-state index is 11.3. The Morgan fingerprint density at radius 2 is 2.12 bits per heavy atom. The molecule has 1 aromatic rings. The van der Waals surface area contributed by atoms with Crippen LogP contribution >= 0.6 is 0 Å². The molecule has 0 saturated carbocycles. The van der Waals surface area contributed by atoms with Crippen molar-refractivity contribution in [3.8, 4) is 0 Å². The monoisotopic (exact) mass is 219 g/mol. The second kappa shape index (κ2) is 3.73. The van der Waals surface area contributed by atoms with Crippen LogP contribution in [-0.4, -0.2) is 27.7 Å². The Morgan fingerprint density at radius 1 is 1.38 bits per heavy atom. The number of carbonyl (C=O) groups excluding carboxylic acids is 3. The van der Waals surface area contributed by atoms with Crippen LogP contribution in [0.2, 0.25) is 0 Å². The summed E-state index contributed by atoms with van der Waals surface area (Å²) in [5, 5.41) is 1.93. The van der Waals surface area contributed by atoms with Crippen molar-refractivity contribution in [3.05, 3.63) is 29.6 Å². The molecule has 2 heterocycles. The summed E-state index contributed by atoms with van der Waals surface area (Å²) < 4.78 is 0. The van der Waals surface area contributed by atoms with Crippen LogP contribution in [0.5, 0.6) is 0 Å². The molecule has 4 amide bonds. The lowest BCUT2D eigenvalue weighted by molar-refractivity contribution is -0.140. The highest BCUT2D eigenvalue weighted by Crippen LogP contribution is 2.11. The van der Waals surface area contributed by atoms with E-state index >= 15 is 0 Å². The fourth-order valence-corrected chi connectivity index (χ4v) is 1.41. The van der Waals surface area contributed by atoms with Crippen molar-refractivity contribution in [2.45, 2.75) is 13.5 Å². The van der Waals surface area contributed by atoms with Crippen LogP contribution in [0.25, 0.3) is 0 Å². The third-order valence-corrected chi connectivity index (χ3v) is 2.38. The summed E-state index contributed by atoms with van der Waals surface area (Å²) in [5.41, 5.74) is 1.65. The van der Waals surface area contributed by atoms with E-state index in [0.717, 1.165) is 16.0 Å². The predicted octanol–water partition coefficient (Wildman–Crippen LogP) is -0.0316. The molecule has 0 aliphatic carbocycles. The van der Waals surface area contributed by atoms with Crippen LogP contribution in [0.3, 0.4) is 0 Å². The zero-order valence-corrected chi connectivity index (χ0v) is 8.56. The first-order valence-electron chi connectivity index (χ1n) is 4.66. The van der Waals surface area contributed by atoms with E-state index in [2.05, 4.69) is 4.98 Å². The van der Waals surface area contributed by atoms with Gasteiger partial charge in [-0.2, -0.15) is 0 Å². The van der Waals surface area contributed by atoms with Crippen LogP contribution in [0.15, 0.2) is 18.5 Å². The second-order valence-electron chi connectivity index (χ2n) is 3.45. The number of nitrogens with one attached hydrogen (secondary N) is 1. The van der Waals surface area contributed by atoms with Crippen molar-refractivity contribution in [2.75, 3.05) is 0 Å². The fourth-order valence-electron chi connectivity index (χ4n) is 1.41. The molecule has 1 aliphatic heterocycles. The first-order valence-corrected chi connectivity index (χ1v) is 4.66. The van der Waals surface area contributed by atoms with Gasteiger partial charge in [0.2, 0.25) is 0 Å². The molecule has 16 heavy (non-hydrogen) atoms. The first kappa shape index (κ1) is 10.3. The standard InChI is InChI=1S/C10H9N3O3/c1-6-2-3-11-4-7(6)5-13-9(15)8(14)12-10(13)16/h2-4H,5H2,1H3,(H,12,14,16). The van der Waals surface area contributed by atoms with Gasteiger partial charge in [-0.3, -0.25) is 24.8 Å². The number of aryl methyl sites for hydroxylation is 1. The summed E-state index contributed by atoms with van der Waals surface area (Å²) in [6.45, 7) is 1.91. The molecule has 1 N–H and O–H groups in total.